The summed E-state index contributed by atoms with van der Waals surface area (Å²) < 4.78 is 0. The zero-order valence-electron chi connectivity index (χ0n) is 11.6. The molecule has 108 valence electrons. The number of aryl methyl sites for hydroxylation is 1. The van der Waals surface area contributed by atoms with Crippen LogP contribution in [0.5, 0.6) is 0 Å². The van der Waals surface area contributed by atoms with Crippen molar-refractivity contribution in [2.45, 2.75) is 33.1 Å². The number of carbonyl (C=O) groups is 1. The zero-order chi connectivity index (χ0) is 15.3. The first-order valence-corrected chi connectivity index (χ1v) is 6.22. The van der Waals surface area contributed by atoms with Gasteiger partial charge in [-0.15, -0.1) is 0 Å². The van der Waals surface area contributed by atoms with Crippen molar-refractivity contribution in [1.82, 2.24) is 0 Å². The quantitative estimate of drug-likeness (QED) is 0.214. The SMILES string of the molecule is CCC(C)c1cc(C)c(C(=O)/C=C/OO)c([N+](=O)[O-])c1. The molecule has 1 aromatic carbocycles. The maximum atomic E-state index is 11.9. The molecule has 1 aromatic rings. The fourth-order valence-corrected chi connectivity index (χ4v) is 1.96. The first-order valence-electron chi connectivity index (χ1n) is 6.22. The molecule has 0 aliphatic rings. The summed E-state index contributed by atoms with van der Waals surface area (Å²) in [7, 11) is 0. The van der Waals surface area contributed by atoms with Crippen LogP contribution in [0.2, 0.25) is 0 Å². The number of nitro benzene ring substituents is 1. The Morgan fingerprint density at radius 1 is 1.55 bits per heavy atom. The van der Waals surface area contributed by atoms with Crippen molar-refractivity contribution < 1.29 is 19.9 Å². The van der Waals surface area contributed by atoms with E-state index in [1.807, 2.05) is 13.8 Å². The van der Waals surface area contributed by atoms with Crippen LogP contribution in [0.1, 0.15) is 47.7 Å². The van der Waals surface area contributed by atoms with E-state index in [1.165, 1.54) is 6.07 Å². The largest absolute Gasteiger partial charge is 0.348 e. The number of benzene rings is 1. The fourth-order valence-electron chi connectivity index (χ4n) is 1.96. The van der Waals surface area contributed by atoms with E-state index < -0.39 is 10.7 Å². The van der Waals surface area contributed by atoms with Gasteiger partial charge in [-0.2, -0.15) is 0 Å². The molecule has 0 amide bonds. The van der Waals surface area contributed by atoms with Crippen molar-refractivity contribution in [2.24, 2.45) is 0 Å². The summed E-state index contributed by atoms with van der Waals surface area (Å²) in [5.41, 5.74) is 1.14. The van der Waals surface area contributed by atoms with Crippen LogP contribution < -0.4 is 0 Å². The third-order valence-electron chi connectivity index (χ3n) is 3.24. The smallest absolute Gasteiger partial charge is 0.281 e. The van der Waals surface area contributed by atoms with Crippen LogP contribution in [-0.4, -0.2) is 16.0 Å². The van der Waals surface area contributed by atoms with Crippen LogP contribution in [0.4, 0.5) is 5.69 Å². The molecule has 1 rings (SSSR count). The third-order valence-corrected chi connectivity index (χ3v) is 3.24. The van der Waals surface area contributed by atoms with E-state index in [-0.39, 0.29) is 17.2 Å². The van der Waals surface area contributed by atoms with Crippen LogP contribution >= 0.6 is 0 Å². The predicted octanol–water partition coefficient (Wildman–Crippen LogP) is 3.60. The molecule has 6 nitrogen and oxygen atoms in total. The van der Waals surface area contributed by atoms with Crippen LogP contribution in [0, 0.1) is 17.0 Å². The molecule has 0 aromatic heterocycles. The molecule has 1 unspecified atom stereocenters. The molecule has 0 radical (unpaired) electrons. The van der Waals surface area contributed by atoms with Crippen molar-refractivity contribution in [3.63, 3.8) is 0 Å². The number of ketones is 1. The number of carbonyl (C=O) groups excluding carboxylic acids is 1. The molecule has 1 atom stereocenters. The molecule has 20 heavy (non-hydrogen) atoms. The molecular formula is C14H17NO5. The van der Waals surface area contributed by atoms with Crippen LogP contribution in [0.3, 0.4) is 0 Å². The Hall–Kier alpha value is -2.21. The van der Waals surface area contributed by atoms with Crippen molar-refractivity contribution >= 4 is 11.5 Å². The predicted molar refractivity (Wildman–Crippen MR) is 73.7 cm³/mol. The fraction of sp³-hybridized carbons (Fsp3) is 0.357. The van der Waals surface area contributed by atoms with Gasteiger partial charge in [0.1, 0.15) is 11.8 Å². The van der Waals surface area contributed by atoms with E-state index in [0.717, 1.165) is 24.3 Å². The summed E-state index contributed by atoms with van der Waals surface area (Å²) in [6.45, 7) is 5.62. The Morgan fingerprint density at radius 2 is 2.20 bits per heavy atom. The number of nitro groups is 1. The molecule has 0 aliphatic carbocycles. The Balaban J connectivity index is 3.41. The second-order valence-corrected chi connectivity index (χ2v) is 4.57. The van der Waals surface area contributed by atoms with Gasteiger partial charge in [0.05, 0.1) is 4.92 Å². The molecule has 0 saturated heterocycles. The second kappa shape index (κ2) is 6.81. The van der Waals surface area contributed by atoms with E-state index in [4.69, 9.17) is 5.26 Å². The van der Waals surface area contributed by atoms with Crippen LogP contribution in [-0.2, 0) is 4.89 Å². The van der Waals surface area contributed by atoms with Gasteiger partial charge < -0.3 is 4.89 Å². The van der Waals surface area contributed by atoms with Crippen molar-refractivity contribution in [1.29, 1.82) is 0 Å². The number of hydrogen-bond donors (Lipinski definition) is 1. The highest BCUT2D eigenvalue weighted by atomic mass is 17.1. The van der Waals surface area contributed by atoms with E-state index >= 15 is 0 Å². The highest BCUT2D eigenvalue weighted by Crippen LogP contribution is 2.30. The van der Waals surface area contributed by atoms with Gasteiger partial charge >= 0.3 is 0 Å². The normalized spacial score (nSPS) is 12.4. The monoisotopic (exact) mass is 279 g/mol. The van der Waals surface area contributed by atoms with Crippen LogP contribution in [0.15, 0.2) is 24.5 Å². The Kier molecular flexibility index (Phi) is 5.40. The van der Waals surface area contributed by atoms with Crippen LogP contribution in [0.25, 0.3) is 0 Å². The minimum Gasteiger partial charge on any atom is -0.348 e. The number of rotatable bonds is 6. The van der Waals surface area contributed by atoms with Gasteiger partial charge in [-0.05, 0) is 30.4 Å². The van der Waals surface area contributed by atoms with Gasteiger partial charge in [0.2, 0.25) is 0 Å². The van der Waals surface area contributed by atoms with Gasteiger partial charge in [-0.3, -0.25) is 14.9 Å². The topological polar surface area (TPSA) is 89.7 Å². The molecule has 0 bridgehead atoms. The van der Waals surface area contributed by atoms with Gasteiger partial charge in [-0.1, -0.05) is 19.9 Å². The highest BCUT2D eigenvalue weighted by Gasteiger charge is 2.23. The standard InChI is InChI=1S/C14H17NO5/c1-4-9(2)11-7-10(3)14(12(8-11)15(17)18)13(16)5-6-20-19/h5-9,19H,4H2,1-3H3/b6-5+. The lowest BCUT2D eigenvalue weighted by molar-refractivity contribution is -0.385. The first kappa shape index (κ1) is 15.8. The summed E-state index contributed by atoms with van der Waals surface area (Å²) >= 11 is 0. The summed E-state index contributed by atoms with van der Waals surface area (Å²) in [5.74, 6) is -0.410. The molecule has 6 heteroatoms. The van der Waals surface area contributed by atoms with E-state index in [9.17, 15) is 14.9 Å². The average Bonchev–Trinajstić information content (AvgIpc) is 2.42. The van der Waals surface area contributed by atoms with Crippen molar-refractivity contribution in [3.8, 4) is 0 Å². The minimum atomic E-state index is -0.584. The summed E-state index contributed by atoms with van der Waals surface area (Å²) in [4.78, 5) is 26.2. The van der Waals surface area contributed by atoms with E-state index in [1.54, 1.807) is 13.0 Å². The Labute approximate surface area is 116 Å². The maximum Gasteiger partial charge on any atom is 0.281 e. The maximum absolute atomic E-state index is 11.9. The van der Waals surface area contributed by atoms with Gasteiger partial charge in [0.25, 0.3) is 5.69 Å². The number of allylic oxidation sites excluding steroid dienone is 1. The van der Waals surface area contributed by atoms with Crippen molar-refractivity contribution in [3.05, 3.63) is 51.3 Å². The summed E-state index contributed by atoms with van der Waals surface area (Å²) in [6.07, 6.45) is 2.56. The summed E-state index contributed by atoms with van der Waals surface area (Å²) in [5, 5.41) is 19.3. The number of nitrogens with zero attached hydrogens (tertiary/aromatic N) is 1. The van der Waals surface area contributed by atoms with Gasteiger partial charge in [-0.25, -0.2) is 5.26 Å². The lowest BCUT2D eigenvalue weighted by Crippen LogP contribution is -2.06. The average molecular weight is 279 g/mol. The molecule has 0 aliphatic heterocycles. The molecular weight excluding hydrogens is 262 g/mol. The Morgan fingerprint density at radius 3 is 2.70 bits per heavy atom. The number of hydrogen-bond acceptors (Lipinski definition) is 5. The van der Waals surface area contributed by atoms with E-state index in [2.05, 4.69) is 4.89 Å². The molecule has 0 saturated carbocycles. The molecule has 1 N–H and O–H groups in total. The van der Waals surface area contributed by atoms with Gasteiger partial charge in [0, 0.05) is 12.1 Å². The Bertz CT molecular complexity index is 551. The lowest BCUT2D eigenvalue weighted by Gasteiger charge is -2.12. The van der Waals surface area contributed by atoms with Gasteiger partial charge in [0.15, 0.2) is 5.78 Å². The van der Waals surface area contributed by atoms with E-state index in [0.29, 0.717) is 5.56 Å². The molecule has 0 heterocycles. The third kappa shape index (κ3) is 3.42. The zero-order valence-corrected chi connectivity index (χ0v) is 11.6. The summed E-state index contributed by atoms with van der Waals surface area (Å²) in [6, 6.07) is 3.21. The second-order valence-electron chi connectivity index (χ2n) is 4.57. The minimum absolute atomic E-state index is 0.00959. The first-order chi connectivity index (χ1) is 9.42. The van der Waals surface area contributed by atoms with Crippen molar-refractivity contribution in [2.75, 3.05) is 0 Å². The lowest BCUT2D eigenvalue weighted by atomic mass is 9.92. The molecule has 0 spiro atoms. The highest BCUT2D eigenvalue weighted by molar-refractivity contribution is 6.08. The molecule has 0 fully saturated rings.